The van der Waals surface area contributed by atoms with E-state index in [1.54, 1.807) is 7.11 Å². The molecule has 0 spiro atoms. The van der Waals surface area contributed by atoms with E-state index in [-0.39, 0.29) is 0 Å². The second-order valence-electron chi connectivity index (χ2n) is 10.3. The van der Waals surface area contributed by atoms with Crippen molar-refractivity contribution in [3.8, 4) is 28.3 Å². The highest BCUT2D eigenvalue weighted by Crippen LogP contribution is 2.30. The van der Waals surface area contributed by atoms with E-state index in [0.29, 0.717) is 5.92 Å². The third-order valence-electron chi connectivity index (χ3n) is 7.56. The fourth-order valence-corrected chi connectivity index (χ4v) is 5.30. The van der Waals surface area contributed by atoms with Gasteiger partial charge in [0.05, 0.1) is 18.5 Å². The minimum atomic E-state index is 0.674. The van der Waals surface area contributed by atoms with Gasteiger partial charge in [0.2, 0.25) is 0 Å². The predicted molar refractivity (Wildman–Crippen MR) is 150 cm³/mol. The Labute approximate surface area is 215 Å². The summed E-state index contributed by atoms with van der Waals surface area (Å²) < 4.78 is 5.36. The van der Waals surface area contributed by atoms with Gasteiger partial charge in [-0.1, -0.05) is 12.1 Å². The number of piperidine rings is 1. The van der Waals surface area contributed by atoms with Gasteiger partial charge < -0.3 is 24.8 Å². The minimum absolute atomic E-state index is 0.674. The topological polar surface area (TPSA) is 43.9 Å². The van der Waals surface area contributed by atoms with Gasteiger partial charge in [0.1, 0.15) is 5.75 Å². The number of ether oxygens (including phenoxy) is 1. The molecule has 0 radical (unpaired) electrons. The summed E-state index contributed by atoms with van der Waals surface area (Å²) in [6.07, 6.45) is 2.57. The van der Waals surface area contributed by atoms with Crippen molar-refractivity contribution in [3.63, 3.8) is 0 Å². The van der Waals surface area contributed by atoms with Gasteiger partial charge in [-0.05, 0) is 87.9 Å². The van der Waals surface area contributed by atoms with E-state index in [0.717, 1.165) is 73.2 Å². The summed E-state index contributed by atoms with van der Waals surface area (Å²) in [5, 5.41) is 3.74. The monoisotopic (exact) mass is 485 g/mol. The summed E-state index contributed by atoms with van der Waals surface area (Å²) in [5.74, 6) is 1.53. The number of pyridine rings is 1. The number of methoxy groups -OCH3 is 1. The summed E-state index contributed by atoms with van der Waals surface area (Å²) in [6, 6.07) is 21.5. The molecule has 1 N–H and O–H groups in total. The number of aromatic nitrogens is 1. The van der Waals surface area contributed by atoms with E-state index in [1.807, 2.05) is 12.1 Å². The maximum Gasteiger partial charge on any atom is 0.118 e. The molecule has 0 bridgehead atoms. The number of anilines is 2. The Hall–Kier alpha value is -3.09. The van der Waals surface area contributed by atoms with Crippen LogP contribution in [0.3, 0.4) is 0 Å². The van der Waals surface area contributed by atoms with Crippen LogP contribution in [-0.2, 0) is 0 Å². The number of rotatable bonds is 7. The number of benzene rings is 2. The Morgan fingerprint density at radius 2 is 1.47 bits per heavy atom. The van der Waals surface area contributed by atoms with E-state index in [4.69, 9.17) is 9.72 Å². The van der Waals surface area contributed by atoms with Crippen LogP contribution in [0.4, 0.5) is 11.4 Å². The lowest BCUT2D eigenvalue weighted by atomic mass is 9.98. The fraction of sp³-hybridized carbons (Fsp3) is 0.433. The van der Waals surface area contributed by atoms with Crippen LogP contribution in [0, 0.1) is 5.92 Å². The van der Waals surface area contributed by atoms with E-state index < -0.39 is 0 Å². The second kappa shape index (κ2) is 11.3. The fourth-order valence-electron chi connectivity index (χ4n) is 5.30. The van der Waals surface area contributed by atoms with Gasteiger partial charge in [-0.3, -0.25) is 0 Å². The first kappa shape index (κ1) is 24.6. The van der Waals surface area contributed by atoms with Crippen LogP contribution in [0.1, 0.15) is 12.8 Å². The van der Waals surface area contributed by atoms with Crippen LogP contribution in [0.15, 0.2) is 60.7 Å². The van der Waals surface area contributed by atoms with E-state index in [2.05, 4.69) is 82.6 Å². The molecule has 2 aliphatic rings. The van der Waals surface area contributed by atoms with Crippen molar-refractivity contribution in [1.29, 1.82) is 0 Å². The zero-order valence-electron chi connectivity index (χ0n) is 21.9. The van der Waals surface area contributed by atoms with E-state index in [9.17, 15) is 0 Å². The van der Waals surface area contributed by atoms with Crippen molar-refractivity contribution >= 4 is 11.4 Å². The number of nitrogens with one attached hydrogen (secondary N) is 1. The van der Waals surface area contributed by atoms with Crippen LogP contribution in [-0.4, -0.2) is 81.8 Å². The SMILES string of the molecule is COc1ccc(-c2cc(NCC3CCCN(C)C3)cc(-c3ccc(N4CCN(C)CC4)cc3)n2)cc1. The quantitative estimate of drug-likeness (QED) is 0.512. The van der Waals surface area contributed by atoms with Crippen LogP contribution in [0.25, 0.3) is 22.5 Å². The van der Waals surface area contributed by atoms with Crippen molar-refractivity contribution in [2.24, 2.45) is 5.92 Å². The Kier molecular flexibility index (Phi) is 7.73. The third-order valence-corrected chi connectivity index (χ3v) is 7.56. The van der Waals surface area contributed by atoms with Crippen LogP contribution in [0.5, 0.6) is 5.75 Å². The maximum atomic E-state index is 5.36. The molecule has 36 heavy (non-hydrogen) atoms. The van der Waals surface area contributed by atoms with Crippen LogP contribution < -0.4 is 15.0 Å². The summed E-state index contributed by atoms with van der Waals surface area (Å²) >= 11 is 0. The Bertz CT molecular complexity index is 1120. The molecule has 5 rings (SSSR count). The summed E-state index contributed by atoms with van der Waals surface area (Å²) in [5.41, 5.74) is 6.62. The van der Waals surface area contributed by atoms with Crippen molar-refractivity contribution in [2.45, 2.75) is 12.8 Å². The largest absolute Gasteiger partial charge is 0.497 e. The van der Waals surface area contributed by atoms with Crippen LogP contribution in [0.2, 0.25) is 0 Å². The summed E-state index contributed by atoms with van der Waals surface area (Å²) in [4.78, 5) is 12.4. The summed E-state index contributed by atoms with van der Waals surface area (Å²) in [7, 11) is 6.12. The molecule has 0 saturated carbocycles. The van der Waals surface area contributed by atoms with Gasteiger partial charge in [-0.2, -0.15) is 0 Å². The lowest BCUT2D eigenvalue weighted by Gasteiger charge is -2.34. The summed E-state index contributed by atoms with van der Waals surface area (Å²) in [6.45, 7) is 7.72. The molecule has 2 saturated heterocycles. The van der Waals surface area contributed by atoms with E-state index >= 15 is 0 Å². The number of nitrogens with zero attached hydrogens (tertiary/aromatic N) is 4. The first-order valence-electron chi connectivity index (χ1n) is 13.2. The molecule has 2 aromatic carbocycles. The number of hydrogen-bond acceptors (Lipinski definition) is 6. The minimum Gasteiger partial charge on any atom is -0.497 e. The first-order chi connectivity index (χ1) is 17.6. The van der Waals surface area contributed by atoms with Crippen molar-refractivity contribution in [3.05, 3.63) is 60.7 Å². The molecule has 1 atom stereocenters. The van der Waals surface area contributed by atoms with Gasteiger partial charge in [-0.25, -0.2) is 4.98 Å². The highest BCUT2D eigenvalue weighted by molar-refractivity contribution is 5.73. The smallest absolute Gasteiger partial charge is 0.118 e. The molecule has 0 aliphatic carbocycles. The lowest BCUT2D eigenvalue weighted by molar-refractivity contribution is 0.217. The first-order valence-corrected chi connectivity index (χ1v) is 13.2. The van der Waals surface area contributed by atoms with Crippen LogP contribution >= 0.6 is 0 Å². The molecular formula is C30H39N5O. The zero-order chi connectivity index (χ0) is 24.9. The Balaban J connectivity index is 1.40. The molecule has 3 aromatic rings. The normalized spacial score (nSPS) is 19.3. The van der Waals surface area contributed by atoms with Gasteiger partial charge >= 0.3 is 0 Å². The molecule has 6 heteroatoms. The highest BCUT2D eigenvalue weighted by Gasteiger charge is 2.18. The Morgan fingerprint density at radius 1 is 0.833 bits per heavy atom. The molecule has 2 fully saturated rings. The van der Waals surface area contributed by atoms with Gasteiger partial charge in [0.25, 0.3) is 0 Å². The number of likely N-dealkylation sites (tertiary alicyclic amines) is 1. The van der Waals surface area contributed by atoms with E-state index in [1.165, 1.54) is 25.1 Å². The van der Waals surface area contributed by atoms with Crippen molar-refractivity contribution in [1.82, 2.24) is 14.8 Å². The lowest BCUT2D eigenvalue weighted by Crippen LogP contribution is -2.44. The molecule has 190 valence electrons. The van der Waals surface area contributed by atoms with Gasteiger partial charge in [-0.15, -0.1) is 0 Å². The van der Waals surface area contributed by atoms with Crippen molar-refractivity contribution < 1.29 is 4.74 Å². The molecule has 0 amide bonds. The third kappa shape index (κ3) is 6.00. The molecule has 3 heterocycles. The highest BCUT2D eigenvalue weighted by atomic mass is 16.5. The zero-order valence-corrected chi connectivity index (χ0v) is 21.9. The number of piperazine rings is 1. The predicted octanol–water partition coefficient (Wildman–Crippen LogP) is 4.93. The molecule has 2 aliphatic heterocycles. The van der Waals surface area contributed by atoms with Gasteiger partial charge in [0, 0.05) is 61.8 Å². The Morgan fingerprint density at radius 3 is 2.08 bits per heavy atom. The maximum absolute atomic E-state index is 5.36. The standard InChI is InChI=1S/C30H39N5O/c1-33-15-17-35(18-16-33)27-10-6-24(7-11-27)29-19-26(31-21-23-5-4-14-34(2)22-23)20-30(32-29)25-8-12-28(36-3)13-9-25/h6-13,19-20,23H,4-5,14-18,21-22H2,1-3H3,(H,31,32). The second-order valence-corrected chi connectivity index (χ2v) is 10.3. The molecular weight excluding hydrogens is 446 g/mol. The average molecular weight is 486 g/mol. The van der Waals surface area contributed by atoms with Gasteiger partial charge in [0.15, 0.2) is 0 Å². The van der Waals surface area contributed by atoms with Crippen molar-refractivity contribution in [2.75, 3.05) is 77.2 Å². The number of likely N-dealkylation sites (N-methyl/N-ethyl adjacent to an activating group) is 1. The number of hydrogen-bond donors (Lipinski definition) is 1. The average Bonchev–Trinajstić information content (AvgIpc) is 2.92. The molecule has 6 nitrogen and oxygen atoms in total. The molecule has 1 unspecified atom stereocenters. The molecule has 1 aromatic heterocycles.